The molecule has 0 aliphatic rings. The minimum atomic E-state index is 0.371. The number of benzene rings is 1. The molecule has 0 radical (unpaired) electrons. The van der Waals surface area contributed by atoms with E-state index in [0.29, 0.717) is 12.4 Å². The first-order valence-electron chi connectivity index (χ1n) is 5.37. The predicted octanol–water partition coefficient (Wildman–Crippen LogP) is 3.01. The Bertz CT molecular complexity index is 546. The summed E-state index contributed by atoms with van der Waals surface area (Å²) >= 11 is 3.43. The SMILES string of the molecule is COc1ccc(OCc2cccc(N)n2)c(Br)c1. The molecule has 94 valence electrons. The molecule has 2 N–H and O–H groups in total. The zero-order valence-electron chi connectivity index (χ0n) is 9.89. The molecular formula is C13H13BrN2O2. The molecule has 0 amide bonds. The van der Waals surface area contributed by atoms with E-state index in [-0.39, 0.29) is 0 Å². The standard InChI is InChI=1S/C13H13BrN2O2/c1-17-10-5-6-12(11(14)7-10)18-8-9-3-2-4-13(15)16-9/h2-7H,8H2,1H3,(H2,15,16). The van der Waals surface area contributed by atoms with Crippen molar-refractivity contribution in [3.05, 3.63) is 46.6 Å². The Morgan fingerprint density at radius 1 is 1.28 bits per heavy atom. The van der Waals surface area contributed by atoms with Crippen molar-refractivity contribution in [1.82, 2.24) is 4.98 Å². The molecule has 2 aromatic rings. The zero-order valence-corrected chi connectivity index (χ0v) is 11.5. The zero-order chi connectivity index (χ0) is 13.0. The van der Waals surface area contributed by atoms with Gasteiger partial charge in [0.1, 0.15) is 23.9 Å². The summed E-state index contributed by atoms with van der Waals surface area (Å²) in [4.78, 5) is 4.16. The average Bonchev–Trinajstić information content (AvgIpc) is 2.37. The van der Waals surface area contributed by atoms with Crippen molar-refractivity contribution in [2.75, 3.05) is 12.8 Å². The van der Waals surface area contributed by atoms with Crippen molar-refractivity contribution in [3.63, 3.8) is 0 Å². The van der Waals surface area contributed by atoms with Crippen LogP contribution < -0.4 is 15.2 Å². The van der Waals surface area contributed by atoms with Crippen LogP contribution in [0.4, 0.5) is 5.82 Å². The number of nitrogen functional groups attached to an aromatic ring is 1. The lowest BCUT2D eigenvalue weighted by atomic mass is 10.3. The van der Waals surface area contributed by atoms with Gasteiger partial charge in [0.05, 0.1) is 17.3 Å². The van der Waals surface area contributed by atoms with Crippen LogP contribution in [0.1, 0.15) is 5.69 Å². The number of ether oxygens (including phenoxy) is 2. The minimum absolute atomic E-state index is 0.371. The largest absolute Gasteiger partial charge is 0.497 e. The van der Waals surface area contributed by atoms with E-state index in [4.69, 9.17) is 15.2 Å². The number of aromatic nitrogens is 1. The normalized spacial score (nSPS) is 10.1. The Labute approximate surface area is 114 Å². The second-order valence-electron chi connectivity index (χ2n) is 3.64. The Balaban J connectivity index is 2.06. The molecule has 18 heavy (non-hydrogen) atoms. The molecule has 0 saturated heterocycles. The fourth-order valence-corrected chi connectivity index (χ4v) is 1.93. The van der Waals surface area contributed by atoms with Crippen LogP contribution in [0.3, 0.4) is 0 Å². The summed E-state index contributed by atoms with van der Waals surface area (Å²) in [6, 6.07) is 11.0. The van der Waals surface area contributed by atoms with E-state index < -0.39 is 0 Å². The smallest absolute Gasteiger partial charge is 0.134 e. The molecule has 1 heterocycles. The maximum atomic E-state index is 5.66. The van der Waals surface area contributed by atoms with Crippen molar-refractivity contribution < 1.29 is 9.47 Å². The van der Waals surface area contributed by atoms with Gasteiger partial charge in [-0.25, -0.2) is 4.98 Å². The Morgan fingerprint density at radius 2 is 2.11 bits per heavy atom. The van der Waals surface area contributed by atoms with Crippen LogP contribution in [0.5, 0.6) is 11.5 Å². The number of methoxy groups -OCH3 is 1. The lowest BCUT2D eigenvalue weighted by Crippen LogP contribution is -2.00. The van der Waals surface area contributed by atoms with Crippen LogP contribution in [0, 0.1) is 0 Å². The lowest BCUT2D eigenvalue weighted by molar-refractivity contribution is 0.299. The van der Waals surface area contributed by atoms with Gasteiger partial charge >= 0.3 is 0 Å². The Hall–Kier alpha value is -1.75. The van der Waals surface area contributed by atoms with Crippen molar-refractivity contribution >= 4 is 21.7 Å². The number of nitrogens with two attached hydrogens (primary N) is 1. The van der Waals surface area contributed by atoms with Gasteiger partial charge in [-0.1, -0.05) is 6.07 Å². The molecule has 0 unspecified atom stereocenters. The molecule has 0 fully saturated rings. The van der Waals surface area contributed by atoms with Crippen LogP contribution in [-0.4, -0.2) is 12.1 Å². The summed E-state index contributed by atoms with van der Waals surface area (Å²) in [6.07, 6.45) is 0. The van der Waals surface area contributed by atoms with Gasteiger partial charge in [-0.3, -0.25) is 0 Å². The molecule has 0 bridgehead atoms. The monoisotopic (exact) mass is 308 g/mol. The van der Waals surface area contributed by atoms with E-state index in [1.54, 1.807) is 13.2 Å². The summed E-state index contributed by atoms with van der Waals surface area (Å²) in [5.74, 6) is 2.00. The number of halogens is 1. The maximum Gasteiger partial charge on any atom is 0.134 e. The fourth-order valence-electron chi connectivity index (χ4n) is 1.46. The van der Waals surface area contributed by atoms with Gasteiger partial charge in [-0.15, -0.1) is 0 Å². The van der Waals surface area contributed by atoms with Gasteiger partial charge in [0.25, 0.3) is 0 Å². The Morgan fingerprint density at radius 3 is 2.78 bits per heavy atom. The average molecular weight is 309 g/mol. The first kappa shape index (κ1) is 12.7. The summed E-state index contributed by atoms with van der Waals surface area (Å²) < 4.78 is 11.6. The van der Waals surface area contributed by atoms with Gasteiger partial charge in [-0.2, -0.15) is 0 Å². The molecule has 0 spiro atoms. The fraction of sp³-hybridized carbons (Fsp3) is 0.154. The number of hydrogen-bond acceptors (Lipinski definition) is 4. The van der Waals surface area contributed by atoms with E-state index in [2.05, 4.69) is 20.9 Å². The second-order valence-corrected chi connectivity index (χ2v) is 4.49. The Kier molecular flexibility index (Phi) is 4.04. The molecule has 1 aromatic carbocycles. The highest BCUT2D eigenvalue weighted by molar-refractivity contribution is 9.10. The van der Waals surface area contributed by atoms with Gasteiger partial charge in [-0.05, 0) is 46.3 Å². The van der Waals surface area contributed by atoms with E-state index in [0.717, 1.165) is 21.7 Å². The molecule has 4 nitrogen and oxygen atoms in total. The molecule has 5 heteroatoms. The van der Waals surface area contributed by atoms with Crippen molar-refractivity contribution in [2.45, 2.75) is 6.61 Å². The minimum Gasteiger partial charge on any atom is -0.497 e. The van der Waals surface area contributed by atoms with Crippen LogP contribution in [0.25, 0.3) is 0 Å². The number of anilines is 1. The summed E-state index contributed by atoms with van der Waals surface area (Å²) in [7, 11) is 1.62. The van der Waals surface area contributed by atoms with Gasteiger partial charge < -0.3 is 15.2 Å². The van der Waals surface area contributed by atoms with E-state index in [1.165, 1.54) is 0 Å². The highest BCUT2D eigenvalue weighted by Crippen LogP contribution is 2.29. The summed E-state index contributed by atoms with van der Waals surface area (Å²) in [5.41, 5.74) is 6.39. The second kappa shape index (κ2) is 5.73. The molecular weight excluding hydrogens is 296 g/mol. The first-order valence-corrected chi connectivity index (χ1v) is 6.16. The number of hydrogen-bond donors (Lipinski definition) is 1. The maximum absolute atomic E-state index is 5.66. The van der Waals surface area contributed by atoms with Crippen LogP contribution in [0.15, 0.2) is 40.9 Å². The van der Waals surface area contributed by atoms with Gasteiger partial charge in [0.15, 0.2) is 0 Å². The highest BCUT2D eigenvalue weighted by Gasteiger charge is 2.04. The predicted molar refractivity (Wildman–Crippen MR) is 73.7 cm³/mol. The third-order valence-electron chi connectivity index (χ3n) is 2.34. The van der Waals surface area contributed by atoms with Crippen molar-refractivity contribution in [2.24, 2.45) is 0 Å². The van der Waals surface area contributed by atoms with Gasteiger partial charge in [0.2, 0.25) is 0 Å². The van der Waals surface area contributed by atoms with E-state index >= 15 is 0 Å². The van der Waals surface area contributed by atoms with Crippen molar-refractivity contribution in [1.29, 1.82) is 0 Å². The van der Waals surface area contributed by atoms with E-state index in [1.807, 2.05) is 30.3 Å². The summed E-state index contributed by atoms with van der Waals surface area (Å²) in [5, 5.41) is 0. The van der Waals surface area contributed by atoms with Crippen LogP contribution >= 0.6 is 15.9 Å². The summed E-state index contributed by atoms with van der Waals surface area (Å²) in [6.45, 7) is 0.371. The molecule has 0 atom stereocenters. The number of pyridine rings is 1. The van der Waals surface area contributed by atoms with Gasteiger partial charge in [0, 0.05) is 0 Å². The van der Waals surface area contributed by atoms with Crippen LogP contribution in [-0.2, 0) is 6.61 Å². The first-order chi connectivity index (χ1) is 8.69. The molecule has 1 aromatic heterocycles. The molecule has 2 rings (SSSR count). The molecule has 0 aliphatic heterocycles. The number of rotatable bonds is 4. The van der Waals surface area contributed by atoms with Crippen LogP contribution in [0.2, 0.25) is 0 Å². The van der Waals surface area contributed by atoms with Crippen molar-refractivity contribution in [3.8, 4) is 11.5 Å². The number of nitrogens with zero attached hydrogens (tertiary/aromatic N) is 1. The van der Waals surface area contributed by atoms with E-state index in [9.17, 15) is 0 Å². The topological polar surface area (TPSA) is 57.4 Å². The highest BCUT2D eigenvalue weighted by atomic mass is 79.9. The molecule has 0 aliphatic carbocycles. The quantitative estimate of drug-likeness (QED) is 0.943. The lowest BCUT2D eigenvalue weighted by Gasteiger charge is -2.09. The third kappa shape index (κ3) is 3.13. The third-order valence-corrected chi connectivity index (χ3v) is 2.96. The molecule has 0 saturated carbocycles.